The van der Waals surface area contributed by atoms with Crippen LogP contribution >= 0.6 is 0 Å². The predicted octanol–water partition coefficient (Wildman–Crippen LogP) is 2.20. The molecule has 0 aliphatic heterocycles. The van der Waals surface area contributed by atoms with Gasteiger partial charge in [0.2, 0.25) is 6.79 Å². The van der Waals surface area contributed by atoms with E-state index in [1.807, 2.05) is 30.3 Å². The van der Waals surface area contributed by atoms with Gasteiger partial charge in [-0.25, -0.2) is 0 Å². The first-order valence-electron chi connectivity index (χ1n) is 6.50. The molecule has 1 rings (SSSR count). The smallest absolute Gasteiger partial charge is 0.216 e. The lowest BCUT2D eigenvalue weighted by atomic mass is 10.1. The standard InChI is InChI=1S/C15H21NO4/c1-13(16-20-12-19-9-8-18-2)10-15(17)11-14-6-4-3-5-7-14/h3-7H,8-12H2,1-2H3/b16-13+. The van der Waals surface area contributed by atoms with Crippen molar-refractivity contribution < 1.29 is 19.1 Å². The van der Waals surface area contributed by atoms with Crippen LogP contribution in [0, 0.1) is 0 Å². The van der Waals surface area contributed by atoms with Gasteiger partial charge < -0.3 is 14.3 Å². The summed E-state index contributed by atoms with van der Waals surface area (Å²) in [5.41, 5.74) is 1.65. The van der Waals surface area contributed by atoms with Crippen LogP contribution in [0.3, 0.4) is 0 Å². The van der Waals surface area contributed by atoms with Crippen LogP contribution < -0.4 is 0 Å². The molecule has 20 heavy (non-hydrogen) atoms. The van der Waals surface area contributed by atoms with Crippen LogP contribution in [0.5, 0.6) is 0 Å². The predicted molar refractivity (Wildman–Crippen MR) is 76.7 cm³/mol. The maximum absolute atomic E-state index is 11.8. The number of ether oxygens (including phenoxy) is 2. The monoisotopic (exact) mass is 279 g/mol. The molecular weight excluding hydrogens is 258 g/mol. The first-order valence-corrected chi connectivity index (χ1v) is 6.50. The van der Waals surface area contributed by atoms with Crippen LogP contribution in [0.25, 0.3) is 0 Å². The summed E-state index contributed by atoms with van der Waals surface area (Å²) in [7, 11) is 1.60. The van der Waals surface area contributed by atoms with E-state index in [0.717, 1.165) is 5.56 Å². The van der Waals surface area contributed by atoms with E-state index in [1.165, 1.54) is 0 Å². The number of hydrogen-bond acceptors (Lipinski definition) is 5. The number of rotatable bonds is 10. The molecular formula is C15H21NO4. The molecule has 0 spiro atoms. The third kappa shape index (κ3) is 7.66. The van der Waals surface area contributed by atoms with E-state index in [1.54, 1.807) is 14.0 Å². The molecule has 5 nitrogen and oxygen atoms in total. The molecule has 0 saturated carbocycles. The Morgan fingerprint density at radius 1 is 1.20 bits per heavy atom. The van der Waals surface area contributed by atoms with E-state index in [4.69, 9.17) is 14.3 Å². The van der Waals surface area contributed by atoms with E-state index in [9.17, 15) is 4.79 Å². The van der Waals surface area contributed by atoms with Crippen LogP contribution in [0.1, 0.15) is 18.9 Å². The second-order valence-corrected chi connectivity index (χ2v) is 4.35. The van der Waals surface area contributed by atoms with Gasteiger partial charge in [0.05, 0.1) is 18.9 Å². The third-order valence-corrected chi connectivity index (χ3v) is 2.49. The van der Waals surface area contributed by atoms with Crippen LogP contribution in [-0.4, -0.2) is 38.6 Å². The summed E-state index contributed by atoms with van der Waals surface area (Å²) >= 11 is 0. The van der Waals surface area contributed by atoms with Gasteiger partial charge in [0.1, 0.15) is 5.78 Å². The summed E-state index contributed by atoms with van der Waals surface area (Å²) in [5.74, 6) is 0.112. The molecule has 1 aromatic carbocycles. The summed E-state index contributed by atoms with van der Waals surface area (Å²) in [6.45, 7) is 2.80. The fourth-order valence-electron chi connectivity index (χ4n) is 1.58. The average molecular weight is 279 g/mol. The summed E-state index contributed by atoms with van der Waals surface area (Å²) in [6.07, 6.45) is 0.699. The van der Waals surface area contributed by atoms with Crippen LogP contribution in [0.15, 0.2) is 35.5 Å². The highest BCUT2D eigenvalue weighted by atomic mass is 16.7. The lowest BCUT2D eigenvalue weighted by molar-refractivity contribution is -0.117. The Labute approximate surface area is 119 Å². The van der Waals surface area contributed by atoms with E-state index >= 15 is 0 Å². The number of oxime groups is 1. The zero-order chi connectivity index (χ0) is 14.6. The van der Waals surface area contributed by atoms with Gasteiger partial charge in [-0.15, -0.1) is 0 Å². The largest absolute Gasteiger partial charge is 0.382 e. The minimum atomic E-state index is 0.0631. The zero-order valence-corrected chi connectivity index (χ0v) is 12.0. The number of methoxy groups -OCH3 is 1. The molecule has 0 atom stereocenters. The lowest BCUT2D eigenvalue weighted by Gasteiger charge is -2.03. The quantitative estimate of drug-likeness (QED) is 0.285. The Bertz CT molecular complexity index is 417. The van der Waals surface area contributed by atoms with Gasteiger partial charge >= 0.3 is 0 Å². The van der Waals surface area contributed by atoms with Crippen molar-refractivity contribution in [2.45, 2.75) is 19.8 Å². The molecule has 0 aliphatic rings. The number of carbonyl (C=O) groups is 1. The number of hydrogen-bond donors (Lipinski definition) is 0. The van der Waals surface area contributed by atoms with Crippen molar-refractivity contribution in [1.82, 2.24) is 0 Å². The highest BCUT2D eigenvalue weighted by Crippen LogP contribution is 2.02. The first-order chi connectivity index (χ1) is 9.72. The first kappa shape index (κ1) is 16.3. The van der Waals surface area contributed by atoms with Crippen molar-refractivity contribution in [3.05, 3.63) is 35.9 Å². The maximum Gasteiger partial charge on any atom is 0.216 e. The fourth-order valence-corrected chi connectivity index (χ4v) is 1.58. The number of ketones is 1. The minimum Gasteiger partial charge on any atom is -0.382 e. The van der Waals surface area contributed by atoms with Gasteiger partial charge in [-0.05, 0) is 12.5 Å². The SMILES string of the molecule is COCCOCO/N=C(\C)CC(=O)Cc1ccccc1. The lowest BCUT2D eigenvalue weighted by Crippen LogP contribution is -2.09. The van der Waals surface area contributed by atoms with Crippen LogP contribution in [-0.2, 0) is 25.5 Å². The van der Waals surface area contributed by atoms with Crippen molar-refractivity contribution in [3.63, 3.8) is 0 Å². The highest BCUT2D eigenvalue weighted by Gasteiger charge is 2.05. The topological polar surface area (TPSA) is 57.1 Å². The number of Topliss-reactive ketones (excluding diaryl/α,β-unsaturated/α-hetero) is 1. The Morgan fingerprint density at radius 2 is 1.95 bits per heavy atom. The molecule has 0 N–H and O–H groups in total. The molecule has 0 aromatic heterocycles. The Balaban J connectivity index is 2.20. The van der Waals surface area contributed by atoms with Crippen molar-refractivity contribution in [2.75, 3.05) is 27.1 Å². The second kappa shape index (κ2) is 10.1. The van der Waals surface area contributed by atoms with Crippen molar-refractivity contribution in [3.8, 4) is 0 Å². The summed E-state index contributed by atoms with van der Waals surface area (Å²) in [5, 5.41) is 3.83. The molecule has 0 aliphatic carbocycles. The maximum atomic E-state index is 11.8. The van der Waals surface area contributed by atoms with Crippen molar-refractivity contribution >= 4 is 11.5 Å². The average Bonchev–Trinajstić information content (AvgIpc) is 2.43. The molecule has 0 saturated heterocycles. The Morgan fingerprint density at radius 3 is 2.65 bits per heavy atom. The second-order valence-electron chi connectivity index (χ2n) is 4.35. The van der Waals surface area contributed by atoms with Crippen molar-refractivity contribution in [2.24, 2.45) is 5.16 Å². The molecule has 0 heterocycles. The number of benzene rings is 1. The van der Waals surface area contributed by atoms with E-state index in [-0.39, 0.29) is 19.0 Å². The Hall–Kier alpha value is -1.72. The molecule has 0 radical (unpaired) electrons. The number of nitrogens with zero attached hydrogens (tertiary/aromatic N) is 1. The molecule has 1 aromatic rings. The summed E-state index contributed by atoms with van der Waals surface area (Å²) in [4.78, 5) is 16.8. The zero-order valence-electron chi connectivity index (χ0n) is 12.0. The normalized spacial score (nSPS) is 11.4. The van der Waals surface area contributed by atoms with Gasteiger partial charge in [0.15, 0.2) is 0 Å². The molecule has 110 valence electrons. The highest BCUT2D eigenvalue weighted by molar-refractivity contribution is 6.01. The van der Waals surface area contributed by atoms with E-state index < -0.39 is 0 Å². The number of carbonyl (C=O) groups excluding carboxylic acids is 1. The summed E-state index contributed by atoms with van der Waals surface area (Å²) in [6, 6.07) is 9.64. The van der Waals surface area contributed by atoms with Gasteiger partial charge in [-0.2, -0.15) is 0 Å². The molecule has 0 amide bonds. The van der Waals surface area contributed by atoms with Crippen LogP contribution in [0.2, 0.25) is 0 Å². The minimum absolute atomic E-state index is 0.0631. The Kier molecular flexibility index (Phi) is 8.26. The van der Waals surface area contributed by atoms with Gasteiger partial charge in [0, 0.05) is 20.0 Å². The fraction of sp³-hybridized carbons (Fsp3) is 0.467. The van der Waals surface area contributed by atoms with Gasteiger partial charge in [-0.3, -0.25) is 4.79 Å². The van der Waals surface area contributed by atoms with Crippen LogP contribution in [0.4, 0.5) is 0 Å². The third-order valence-electron chi connectivity index (χ3n) is 2.49. The molecule has 0 fully saturated rings. The van der Waals surface area contributed by atoms with E-state index in [0.29, 0.717) is 25.3 Å². The molecule has 5 heteroatoms. The van der Waals surface area contributed by atoms with E-state index in [2.05, 4.69) is 5.16 Å². The molecule has 0 bridgehead atoms. The van der Waals surface area contributed by atoms with Gasteiger partial charge in [-0.1, -0.05) is 35.5 Å². The molecule has 0 unspecified atom stereocenters. The summed E-state index contributed by atoms with van der Waals surface area (Å²) < 4.78 is 9.90. The van der Waals surface area contributed by atoms with Gasteiger partial charge in [0.25, 0.3) is 0 Å². The van der Waals surface area contributed by atoms with Crippen molar-refractivity contribution in [1.29, 1.82) is 0 Å².